The lowest BCUT2D eigenvalue weighted by Gasteiger charge is -2.29. The molecule has 1 aliphatic heterocycles. The highest BCUT2D eigenvalue weighted by molar-refractivity contribution is 5.19. The Bertz CT molecular complexity index is 474. The molecule has 0 amide bonds. The maximum atomic E-state index is 13.8. The van der Waals surface area contributed by atoms with Crippen molar-refractivity contribution >= 4 is 0 Å². The number of hydrogen-bond acceptors (Lipinski definition) is 2. The minimum absolute atomic E-state index is 0.307. The van der Waals surface area contributed by atoms with Gasteiger partial charge in [0, 0.05) is 30.7 Å². The molecule has 2 fully saturated rings. The van der Waals surface area contributed by atoms with Crippen LogP contribution >= 0.6 is 0 Å². The van der Waals surface area contributed by atoms with E-state index in [0.29, 0.717) is 24.2 Å². The molecule has 0 aromatic heterocycles. The molecule has 3 rings (SSSR count). The third kappa shape index (κ3) is 3.18. The van der Waals surface area contributed by atoms with Crippen LogP contribution in [0.15, 0.2) is 18.2 Å². The summed E-state index contributed by atoms with van der Waals surface area (Å²) in [5.41, 5.74) is 0.466. The molecular weight excluding hydrogens is 258 g/mol. The van der Waals surface area contributed by atoms with Crippen molar-refractivity contribution in [3.05, 3.63) is 35.4 Å². The molecule has 0 radical (unpaired) electrons. The van der Waals surface area contributed by atoms with Crippen molar-refractivity contribution in [2.24, 2.45) is 5.92 Å². The first-order valence-corrected chi connectivity index (χ1v) is 7.55. The molecular formula is C16H22F2N2. The minimum Gasteiger partial charge on any atom is -0.312 e. The lowest BCUT2D eigenvalue weighted by Crippen LogP contribution is -2.41. The van der Waals surface area contributed by atoms with Crippen molar-refractivity contribution in [2.75, 3.05) is 13.1 Å². The summed E-state index contributed by atoms with van der Waals surface area (Å²) in [5.74, 6) is 0.111. The number of nitrogens with one attached hydrogen (secondary N) is 1. The van der Waals surface area contributed by atoms with E-state index in [4.69, 9.17) is 0 Å². The normalized spacial score (nSPS) is 28.4. The number of benzene rings is 1. The average Bonchev–Trinajstić information content (AvgIpc) is 3.24. The highest BCUT2D eigenvalue weighted by atomic mass is 19.1. The van der Waals surface area contributed by atoms with Crippen molar-refractivity contribution in [1.29, 1.82) is 0 Å². The van der Waals surface area contributed by atoms with Gasteiger partial charge in [0.15, 0.2) is 0 Å². The molecule has 1 saturated heterocycles. The van der Waals surface area contributed by atoms with Gasteiger partial charge in [0.1, 0.15) is 11.6 Å². The van der Waals surface area contributed by atoms with E-state index in [-0.39, 0.29) is 11.6 Å². The second kappa shape index (κ2) is 5.78. The predicted octanol–water partition coefficient (Wildman–Crippen LogP) is 2.93. The Morgan fingerprint density at radius 1 is 1.25 bits per heavy atom. The SMILES string of the molecule is CC1CCNC(C2CC2)CN1Cc1cc(F)ccc1F. The molecule has 110 valence electrons. The number of nitrogens with zero attached hydrogens (tertiary/aromatic N) is 1. The van der Waals surface area contributed by atoms with Gasteiger partial charge in [-0.2, -0.15) is 0 Å². The Hall–Kier alpha value is -1.00. The van der Waals surface area contributed by atoms with Crippen molar-refractivity contribution in [3.63, 3.8) is 0 Å². The summed E-state index contributed by atoms with van der Waals surface area (Å²) < 4.78 is 27.1. The first-order chi connectivity index (χ1) is 9.63. The number of rotatable bonds is 3. The van der Waals surface area contributed by atoms with Crippen LogP contribution in [0.2, 0.25) is 0 Å². The average molecular weight is 280 g/mol. The van der Waals surface area contributed by atoms with Crippen molar-refractivity contribution in [3.8, 4) is 0 Å². The Morgan fingerprint density at radius 3 is 2.80 bits per heavy atom. The van der Waals surface area contributed by atoms with Crippen molar-refractivity contribution < 1.29 is 8.78 Å². The smallest absolute Gasteiger partial charge is 0.127 e. The van der Waals surface area contributed by atoms with Crippen LogP contribution in [0.5, 0.6) is 0 Å². The predicted molar refractivity (Wildman–Crippen MR) is 75.4 cm³/mol. The van der Waals surface area contributed by atoms with Crippen LogP contribution in [0.1, 0.15) is 31.7 Å². The Balaban J connectivity index is 1.74. The molecule has 1 aromatic rings. The molecule has 1 heterocycles. The zero-order valence-electron chi connectivity index (χ0n) is 11.9. The quantitative estimate of drug-likeness (QED) is 0.916. The van der Waals surface area contributed by atoms with E-state index in [1.165, 1.54) is 31.0 Å². The van der Waals surface area contributed by atoms with E-state index in [1.54, 1.807) is 0 Å². The fourth-order valence-electron chi connectivity index (χ4n) is 3.08. The molecule has 0 bridgehead atoms. The summed E-state index contributed by atoms with van der Waals surface area (Å²) >= 11 is 0. The zero-order chi connectivity index (χ0) is 14.1. The molecule has 0 spiro atoms. The van der Waals surface area contributed by atoms with Gasteiger partial charge in [-0.3, -0.25) is 4.90 Å². The third-order valence-electron chi connectivity index (χ3n) is 4.60. The maximum absolute atomic E-state index is 13.8. The molecule has 20 heavy (non-hydrogen) atoms. The van der Waals surface area contributed by atoms with Crippen LogP contribution in [0.25, 0.3) is 0 Å². The molecule has 1 aromatic carbocycles. The lowest BCUT2D eigenvalue weighted by molar-refractivity contribution is 0.188. The van der Waals surface area contributed by atoms with Crippen molar-refractivity contribution in [2.45, 2.75) is 44.8 Å². The number of hydrogen-bond donors (Lipinski definition) is 1. The standard InChI is InChI=1S/C16H22F2N2/c1-11-6-7-19-16(12-2-3-12)10-20(11)9-13-8-14(17)4-5-15(13)18/h4-5,8,11-12,16,19H,2-3,6-7,9-10H2,1H3. The van der Waals surface area contributed by atoms with Crippen LogP contribution in [0, 0.1) is 17.6 Å². The third-order valence-corrected chi connectivity index (χ3v) is 4.60. The zero-order valence-corrected chi connectivity index (χ0v) is 11.9. The van der Waals surface area contributed by atoms with Crippen LogP contribution in [0.3, 0.4) is 0 Å². The second-order valence-corrected chi connectivity index (χ2v) is 6.20. The van der Waals surface area contributed by atoms with Crippen LogP contribution in [-0.2, 0) is 6.54 Å². The topological polar surface area (TPSA) is 15.3 Å². The maximum Gasteiger partial charge on any atom is 0.127 e. The van der Waals surface area contributed by atoms with Gasteiger partial charge in [-0.05, 0) is 56.8 Å². The fraction of sp³-hybridized carbons (Fsp3) is 0.625. The van der Waals surface area contributed by atoms with Gasteiger partial charge in [-0.25, -0.2) is 8.78 Å². The van der Waals surface area contributed by atoms with Gasteiger partial charge in [-0.1, -0.05) is 0 Å². The highest BCUT2D eigenvalue weighted by Crippen LogP contribution is 2.34. The Kier molecular flexibility index (Phi) is 4.03. The molecule has 4 heteroatoms. The monoisotopic (exact) mass is 280 g/mol. The van der Waals surface area contributed by atoms with E-state index >= 15 is 0 Å². The van der Waals surface area contributed by atoms with Gasteiger partial charge in [0.2, 0.25) is 0 Å². The van der Waals surface area contributed by atoms with Crippen LogP contribution < -0.4 is 5.32 Å². The lowest BCUT2D eigenvalue weighted by atomic mass is 10.1. The molecule has 1 N–H and O–H groups in total. The molecule has 2 unspecified atom stereocenters. The first-order valence-electron chi connectivity index (χ1n) is 7.55. The second-order valence-electron chi connectivity index (χ2n) is 6.20. The molecule has 1 saturated carbocycles. The van der Waals surface area contributed by atoms with Gasteiger partial charge in [0.05, 0.1) is 0 Å². The summed E-state index contributed by atoms with van der Waals surface area (Å²) in [6, 6.07) is 4.64. The Labute approximate surface area is 119 Å². The summed E-state index contributed by atoms with van der Waals surface area (Å²) in [5, 5.41) is 3.61. The van der Waals surface area contributed by atoms with Gasteiger partial charge in [-0.15, -0.1) is 0 Å². The number of halogens is 2. The van der Waals surface area contributed by atoms with Crippen LogP contribution in [0.4, 0.5) is 8.78 Å². The van der Waals surface area contributed by atoms with E-state index in [9.17, 15) is 8.78 Å². The van der Waals surface area contributed by atoms with E-state index in [2.05, 4.69) is 17.1 Å². The van der Waals surface area contributed by atoms with E-state index in [1.807, 2.05) is 0 Å². The minimum atomic E-state index is -0.360. The van der Waals surface area contributed by atoms with Gasteiger partial charge >= 0.3 is 0 Å². The summed E-state index contributed by atoms with van der Waals surface area (Å²) in [4.78, 5) is 2.29. The Morgan fingerprint density at radius 2 is 2.05 bits per heavy atom. The summed E-state index contributed by atoms with van der Waals surface area (Å²) in [7, 11) is 0. The summed E-state index contributed by atoms with van der Waals surface area (Å²) in [6.45, 7) is 4.62. The van der Waals surface area contributed by atoms with Gasteiger partial charge in [0.25, 0.3) is 0 Å². The van der Waals surface area contributed by atoms with Crippen LogP contribution in [-0.4, -0.2) is 30.1 Å². The molecule has 2 aliphatic rings. The van der Waals surface area contributed by atoms with Gasteiger partial charge < -0.3 is 5.32 Å². The summed E-state index contributed by atoms with van der Waals surface area (Å²) in [6.07, 6.45) is 3.66. The molecule has 2 atom stereocenters. The molecule has 2 nitrogen and oxygen atoms in total. The largest absolute Gasteiger partial charge is 0.312 e. The first kappa shape index (κ1) is 14.0. The van der Waals surface area contributed by atoms with E-state index < -0.39 is 0 Å². The molecule has 1 aliphatic carbocycles. The van der Waals surface area contributed by atoms with Crippen molar-refractivity contribution in [1.82, 2.24) is 10.2 Å². The fourth-order valence-corrected chi connectivity index (χ4v) is 3.08. The highest BCUT2D eigenvalue weighted by Gasteiger charge is 2.34. The van der Waals surface area contributed by atoms with E-state index in [0.717, 1.165) is 25.4 Å².